The number of aromatic nitrogens is 1. The Morgan fingerprint density at radius 2 is 2.17 bits per heavy atom. The Bertz CT molecular complexity index is 965. The summed E-state index contributed by atoms with van der Waals surface area (Å²) in [6.45, 7) is 1.53. The third kappa shape index (κ3) is 3.35. The van der Waals surface area contributed by atoms with Crippen molar-refractivity contribution in [2.24, 2.45) is 0 Å². The van der Waals surface area contributed by atoms with Crippen LogP contribution in [0.1, 0.15) is 5.56 Å². The van der Waals surface area contributed by atoms with Crippen LogP contribution in [-0.2, 0) is 4.79 Å². The molecule has 0 aliphatic heterocycles. The normalized spacial score (nSPS) is 10.5. The summed E-state index contributed by atoms with van der Waals surface area (Å²) >= 11 is 0. The molecule has 0 spiro atoms. The van der Waals surface area contributed by atoms with Crippen molar-refractivity contribution >= 4 is 22.7 Å². The van der Waals surface area contributed by atoms with Crippen LogP contribution < -0.4 is 15.7 Å². The molecule has 0 fully saturated rings. The predicted octanol–water partition coefficient (Wildman–Crippen LogP) is 2.22. The smallest absolute Gasteiger partial charge is 0.336 e. The molecule has 0 saturated heterocycles. The standard InChI is InChI=1S/C17H14N2O5/c1-10-7-16(22)24-14-8-11(4-5-12(10)14)23-9-15(21)19-17-13(20)3-2-6-18-17/h2-8,20H,9H2,1H3,(H,18,19,21). The van der Waals surface area contributed by atoms with Crippen molar-refractivity contribution in [1.82, 2.24) is 4.98 Å². The molecule has 2 aromatic heterocycles. The van der Waals surface area contributed by atoms with Gasteiger partial charge in [0.15, 0.2) is 18.2 Å². The molecule has 0 bridgehead atoms. The van der Waals surface area contributed by atoms with Crippen LogP contribution in [0.4, 0.5) is 5.82 Å². The second kappa shape index (κ2) is 6.41. The number of carbonyl (C=O) groups excluding carboxylic acids is 1. The zero-order valence-electron chi connectivity index (χ0n) is 12.8. The first-order chi connectivity index (χ1) is 11.5. The van der Waals surface area contributed by atoms with Gasteiger partial charge in [0, 0.05) is 23.7 Å². The molecule has 1 amide bonds. The van der Waals surface area contributed by atoms with E-state index in [1.54, 1.807) is 24.3 Å². The van der Waals surface area contributed by atoms with E-state index in [-0.39, 0.29) is 18.2 Å². The molecule has 7 nitrogen and oxygen atoms in total. The largest absolute Gasteiger partial charge is 0.504 e. The SMILES string of the molecule is Cc1cc(=O)oc2cc(OCC(=O)Nc3ncccc3O)ccc12. The van der Waals surface area contributed by atoms with Gasteiger partial charge in [-0.15, -0.1) is 0 Å². The van der Waals surface area contributed by atoms with E-state index in [9.17, 15) is 14.7 Å². The second-order valence-corrected chi connectivity index (χ2v) is 5.11. The highest BCUT2D eigenvalue weighted by Crippen LogP contribution is 2.22. The summed E-state index contributed by atoms with van der Waals surface area (Å²) in [4.78, 5) is 27.1. The summed E-state index contributed by atoms with van der Waals surface area (Å²) in [6, 6.07) is 9.36. The minimum atomic E-state index is -0.477. The molecule has 2 heterocycles. The van der Waals surface area contributed by atoms with Crippen LogP contribution in [0.25, 0.3) is 11.0 Å². The second-order valence-electron chi connectivity index (χ2n) is 5.11. The van der Waals surface area contributed by atoms with Crippen molar-refractivity contribution in [3.8, 4) is 11.5 Å². The van der Waals surface area contributed by atoms with E-state index < -0.39 is 11.5 Å². The van der Waals surface area contributed by atoms with Crippen molar-refractivity contribution in [3.63, 3.8) is 0 Å². The van der Waals surface area contributed by atoms with Crippen molar-refractivity contribution in [2.45, 2.75) is 6.92 Å². The van der Waals surface area contributed by atoms with Crippen molar-refractivity contribution in [1.29, 1.82) is 0 Å². The number of hydrogen-bond donors (Lipinski definition) is 2. The first-order valence-corrected chi connectivity index (χ1v) is 7.14. The fourth-order valence-corrected chi connectivity index (χ4v) is 2.21. The van der Waals surface area contributed by atoms with Gasteiger partial charge >= 0.3 is 5.63 Å². The summed E-state index contributed by atoms with van der Waals surface area (Å²) in [7, 11) is 0. The van der Waals surface area contributed by atoms with Crippen molar-refractivity contribution < 1.29 is 19.1 Å². The molecule has 0 aliphatic rings. The quantitative estimate of drug-likeness (QED) is 0.713. The van der Waals surface area contributed by atoms with Crippen LogP contribution in [-0.4, -0.2) is 22.6 Å². The number of carbonyl (C=O) groups is 1. The Labute approximate surface area is 136 Å². The summed E-state index contributed by atoms with van der Waals surface area (Å²) in [5, 5.41) is 12.8. The molecule has 0 saturated carbocycles. The van der Waals surface area contributed by atoms with Gasteiger partial charge in [0.05, 0.1) is 0 Å². The van der Waals surface area contributed by atoms with Crippen molar-refractivity contribution in [2.75, 3.05) is 11.9 Å². The number of amides is 1. The number of rotatable bonds is 4. The first kappa shape index (κ1) is 15.5. The highest BCUT2D eigenvalue weighted by atomic mass is 16.5. The predicted molar refractivity (Wildman–Crippen MR) is 87.2 cm³/mol. The zero-order valence-corrected chi connectivity index (χ0v) is 12.8. The van der Waals surface area contributed by atoms with Crippen LogP contribution in [0.15, 0.2) is 51.8 Å². The molecule has 3 rings (SSSR count). The van der Waals surface area contributed by atoms with E-state index in [0.29, 0.717) is 11.3 Å². The van der Waals surface area contributed by atoms with Gasteiger partial charge in [-0.05, 0) is 36.8 Å². The lowest BCUT2D eigenvalue weighted by Crippen LogP contribution is -2.20. The summed E-state index contributed by atoms with van der Waals surface area (Å²) in [5.74, 6) is -0.161. The number of ether oxygens (including phenoxy) is 1. The van der Waals surface area contributed by atoms with Gasteiger partial charge in [0.2, 0.25) is 0 Å². The number of nitrogens with one attached hydrogen (secondary N) is 1. The molecule has 0 aliphatic carbocycles. The molecule has 24 heavy (non-hydrogen) atoms. The number of nitrogens with zero attached hydrogens (tertiary/aromatic N) is 1. The third-order valence-corrected chi connectivity index (χ3v) is 3.34. The fourth-order valence-electron chi connectivity index (χ4n) is 2.21. The summed E-state index contributed by atoms with van der Waals surface area (Å²) < 4.78 is 10.5. The minimum absolute atomic E-state index is 0.0613. The van der Waals surface area contributed by atoms with Crippen LogP contribution >= 0.6 is 0 Å². The van der Waals surface area contributed by atoms with E-state index in [4.69, 9.17) is 9.15 Å². The lowest BCUT2D eigenvalue weighted by atomic mass is 10.1. The van der Waals surface area contributed by atoms with Gasteiger partial charge in [0.25, 0.3) is 5.91 Å². The van der Waals surface area contributed by atoms with Crippen LogP contribution in [0.2, 0.25) is 0 Å². The molecule has 0 radical (unpaired) electrons. The fraction of sp³-hybridized carbons (Fsp3) is 0.118. The number of benzene rings is 1. The molecule has 7 heteroatoms. The van der Waals surface area contributed by atoms with Gasteiger partial charge in [-0.3, -0.25) is 4.79 Å². The highest BCUT2D eigenvalue weighted by molar-refractivity contribution is 5.92. The van der Waals surface area contributed by atoms with Crippen LogP contribution in [0, 0.1) is 6.92 Å². The number of anilines is 1. The molecule has 1 aromatic carbocycles. The Morgan fingerprint density at radius 3 is 2.96 bits per heavy atom. The lowest BCUT2D eigenvalue weighted by Gasteiger charge is -2.08. The zero-order chi connectivity index (χ0) is 17.1. The van der Waals surface area contributed by atoms with Gasteiger partial charge in [-0.25, -0.2) is 9.78 Å². The first-order valence-electron chi connectivity index (χ1n) is 7.14. The van der Waals surface area contributed by atoms with Gasteiger partial charge in [-0.2, -0.15) is 0 Å². The number of pyridine rings is 1. The van der Waals surface area contributed by atoms with Gasteiger partial charge < -0.3 is 19.6 Å². The maximum absolute atomic E-state index is 11.8. The average Bonchev–Trinajstić information content (AvgIpc) is 2.54. The average molecular weight is 326 g/mol. The lowest BCUT2D eigenvalue weighted by molar-refractivity contribution is -0.118. The van der Waals surface area contributed by atoms with Crippen molar-refractivity contribution in [3.05, 3.63) is 58.6 Å². The monoisotopic (exact) mass is 326 g/mol. The van der Waals surface area contributed by atoms with E-state index in [0.717, 1.165) is 10.9 Å². The minimum Gasteiger partial charge on any atom is -0.504 e. The number of hydrogen-bond acceptors (Lipinski definition) is 6. The number of aryl methyl sites for hydroxylation is 1. The summed E-state index contributed by atoms with van der Waals surface area (Å²) in [6.07, 6.45) is 1.45. The van der Waals surface area contributed by atoms with E-state index in [1.165, 1.54) is 18.3 Å². The van der Waals surface area contributed by atoms with Gasteiger partial charge in [0.1, 0.15) is 11.3 Å². The molecular formula is C17H14N2O5. The van der Waals surface area contributed by atoms with Crippen LogP contribution in [0.3, 0.4) is 0 Å². The Hall–Kier alpha value is -3.35. The Morgan fingerprint density at radius 1 is 1.33 bits per heavy atom. The molecular weight excluding hydrogens is 312 g/mol. The van der Waals surface area contributed by atoms with E-state index in [2.05, 4.69) is 10.3 Å². The highest BCUT2D eigenvalue weighted by Gasteiger charge is 2.09. The Kier molecular flexibility index (Phi) is 4.15. The van der Waals surface area contributed by atoms with Gasteiger partial charge in [-0.1, -0.05) is 0 Å². The molecule has 2 N–H and O–H groups in total. The van der Waals surface area contributed by atoms with Crippen LogP contribution in [0.5, 0.6) is 11.5 Å². The summed E-state index contributed by atoms with van der Waals surface area (Å²) in [5.41, 5.74) is 0.747. The molecule has 0 unspecified atom stereocenters. The van der Waals surface area contributed by atoms with E-state index >= 15 is 0 Å². The maximum Gasteiger partial charge on any atom is 0.336 e. The Balaban J connectivity index is 1.70. The number of fused-ring (bicyclic) bond motifs is 1. The molecule has 3 aromatic rings. The topological polar surface area (TPSA) is 102 Å². The van der Waals surface area contributed by atoms with E-state index in [1.807, 2.05) is 6.92 Å². The molecule has 122 valence electrons. The number of aromatic hydroxyl groups is 1. The molecule has 0 atom stereocenters. The third-order valence-electron chi connectivity index (χ3n) is 3.34. The maximum atomic E-state index is 11.8.